The van der Waals surface area contributed by atoms with E-state index in [1.807, 2.05) is 48.9 Å². The monoisotopic (exact) mass is 369 g/mol. The average molecular weight is 369 g/mol. The predicted octanol–water partition coefficient (Wildman–Crippen LogP) is 2.96. The molecular weight excluding hydrogens is 342 g/mol. The second-order valence-corrected chi connectivity index (χ2v) is 7.03. The molecule has 0 radical (unpaired) electrons. The lowest BCUT2D eigenvalue weighted by atomic mass is 9.97. The molecule has 1 aromatic heterocycles. The highest BCUT2D eigenvalue weighted by Crippen LogP contribution is 2.23. The Morgan fingerprint density at radius 2 is 1.96 bits per heavy atom. The van der Waals surface area contributed by atoms with Crippen LogP contribution < -0.4 is 0 Å². The quantitative estimate of drug-likeness (QED) is 0.760. The van der Waals surface area contributed by atoms with E-state index < -0.39 is 0 Å². The summed E-state index contributed by atoms with van der Waals surface area (Å²) in [5, 5.41) is 4.58. The predicted molar refractivity (Wildman–Crippen MR) is 103 cm³/mol. The first-order chi connectivity index (χ1) is 13.0. The molecule has 1 aliphatic rings. The van der Waals surface area contributed by atoms with Crippen LogP contribution in [0.4, 0.5) is 0 Å². The van der Waals surface area contributed by atoms with Crippen molar-refractivity contribution in [3.63, 3.8) is 0 Å². The first-order valence-corrected chi connectivity index (χ1v) is 9.55. The van der Waals surface area contributed by atoms with Gasteiger partial charge in [0, 0.05) is 18.8 Å². The molecule has 1 atom stereocenters. The molecular formula is C21H27N3O3. The van der Waals surface area contributed by atoms with Gasteiger partial charge in [-0.2, -0.15) is 5.10 Å². The Bertz CT molecular complexity index is 814. The molecule has 0 spiro atoms. The molecule has 1 aromatic carbocycles. The van der Waals surface area contributed by atoms with Crippen molar-refractivity contribution in [3.8, 4) is 0 Å². The van der Waals surface area contributed by atoms with Crippen molar-refractivity contribution in [1.29, 1.82) is 0 Å². The molecule has 1 aliphatic heterocycles. The Kier molecular flexibility index (Phi) is 5.94. The largest absolute Gasteiger partial charge is 0.466 e. The van der Waals surface area contributed by atoms with Crippen LogP contribution >= 0.6 is 0 Å². The zero-order valence-electron chi connectivity index (χ0n) is 16.3. The lowest BCUT2D eigenvalue weighted by molar-refractivity contribution is -0.149. The summed E-state index contributed by atoms with van der Waals surface area (Å²) in [5.41, 5.74) is 3.38. The summed E-state index contributed by atoms with van der Waals surface area (Å²) in [6.45, 7) is 7.69. The third-order valence-corrected chi connectivity index (χ3v) is 5.10. The number of ether oxygens (including phenoxy) is 1. The van der Waals surface area contributed by atoms with Crippen molar-refractivity contribution in [1.82, 2.24) is 14.7 Å². The molecule has 1 saturated heterocycles. The molecule has 0 aliphatic carbocycles. The number of hydrogen-bond acceptors (Lipinski definition) is 4. The fraction of sp³-hybridized carbons (Fsp3) is 0.476. The minimum atomic E-state index is -0.234. The molecule has 1 fully saturated rings. The number of piperidine rings is 1. The van der Waals surface area contributed by atoms with Gasteiger partial charge in [0.1, 0.15) is 0 Å². The SMILES string of the molecule is CCOC(=O)[C@@H]1CCCN(C(=O)c2c(C)nn(Cc3ccccc3)c2C)C1. The average Bonchev–Trinajstić information content (AvgIpc) is 2.95. The number of amides is 1. The second-order valence-electron chi connectivity index (χ2n) is 7.03. The summed E-state index contributed by atoms with van der Waals surface area (Å²) in [4.78, 5) is 27.0. The number of esters is 1. The summed E-state index contributed by atoms with van der Waals surface area (Å²) >= 11 is 0. The van der Waals surface area contributed by atoms with E-state index in [2.05, 4.69) is 5.10 Å². The summed E-state index contributed by atoms with van der Waals surface area (Å²) < 4.78 is 7.02. The van der Waals surface area contributed by atoms with Gasteiger partial charge >= 0.3 is 5.97 Å². The van der Waals surface area contributed by atoms with Crippen LogP contribution in [0.5, 0.6) is 0 Å². The molecule has 27 heavy (non-hydrogen) atoms. The Hall–Kier alpha value is -2.63. The highest BCUT2D eigenvalue weighted by Gasteiger charge is 2.32. The second kappa shape index (κ2) is 8.37. The zero-order chi connectivity index (χ0) is 19.4. The molecule has 0 unspecified atom stereocenters. The third kappa shape index (κ3) is 4.21. The van der Waals surface area contributed by atoms with Crippen molar-refractivity contribution >= 4 is 11.9 Å². The molecule has 144 valence electrons. The summed E-state index contributed by atoms with van der Waals surface area (Å²) in [5.74, 6) is -0.482. The molecule has 2 aromatic rings. The molecule has 2 heterocycles. The molecule has 0 N–H and O–H groups in total. The fourth-order valence-corrected chi connectivity index (χ4v) is 3.69. The lowest BCUT2D eigenvalue weighted by Crippen LogP contribution is -2.43. The van der Waals surface area contributed by atoms with Gasteiger partial charge in [0.05, 0.1) is 30.3 Å². The van der Waals surface area contributed by atoms with E-state index >= 15 is 0 Å². The number of benzene rings is 1. The van der Waals surface area contributed by atoms with Gasteiger partial charge in [0.25, 0.3) is 5.91 Å². The maximum atomic E-state index is 13.2. The van der Waals surface area contributed by atoms with Gasteiger partial charge < -0.3 is 9.64 Å². The number of aryl methyl sites for hydroxylation is 1. The van der Waals surface area contributed by atoms with Crippen LogP contribution in [0.25, 0.3) is 0 Å². The lowest BCUT2D eigenvalue weighted by Gasteiger charge is -2.31. The van der Waals surface area contributed by atoms with E-state index in [-0.39, 0.29) is 17.8 Å². The Labute approximate surface area is 160 Å². The zero-order valence-corrected chi connectivity index (χ0v) is 16.3. The van der Waals surface area contributed by atoms with Gasteiger partial charge in [0.15, 0.2) is 0 Å². The number of carbonyl (C=O) groups is 2. The van der Waals surface area contributed by atoms with Gasteiger partial charge in [-0.3, -0.25) is 14.3 Å². The van der Waals surface area contributed by atoms with Crippen LogP contribution in [-0.2, 0) is 16.1 Å². The summed E-state index contributed by atoms with van der Waals surface area (Å²) in [7, 11) is 0. The molecule has 0 bridgehead atoms. The van der Waals surface area contributed by atoms with Gasteiger partial charge in [-0.25, -0.2) is 0 Å². The Morgan fingerprint density at radius 3 is 2.67 bits per heavy atom. The van der Waals surface area contributed by atoms with E-state index in [1.54, 1.807) is 11.8 Å². The Balaban J connectivity index is 1.77. The number of aromatic nitrogens is 2. The molecule has 6 nitrogen and oxygen atoms in total. The van der Waals surface area contributed by atoms with E-state index in [4.69, 9.17) is 4.74 Å². The van der Waals surface area contributed by atoms with Crippen LogP contribution in [0.2, 0.25) is 0 Å². The van der Waals surface area contributed by atoms with Gasteiger partial charge in [-0.15, -0.1) is 0 Å². The minimum Gasteiger partial charge on any atom is -0.466 e. The van der Waals surface area contributed by atoms with Gasteiger partial charge in [-0.05, 0) is 39.2 Å². The standard InChI is InChI=1S/C21H27N3O3/c1-4-27-21(26)18-11-8-12-23(14-18)20(25)19-15(2)22-24(16(19)3)13-17-9-6-5-7-10-17/h5-7,9-10,18H,4,8,11-14H2,1-3H3/t18-/m1/s1. The number of nitrogens with zero attached hydrogens (tertiary/aromatic N) is 3. The van der Waals surface area contributed by atoms with E-state index in [1.165, 1.54) is 0 Å². The maximum absolute atomic E-state index is 13.2. The molecule has 0 saturated carbocycles. The smallest absolute Gasteiger partial charge is 0.310 e. The first-order valence-electron chi connectivity index (χ1n) is 9.55. The van der Waals surface area contributed by atoms with Crippen LogP contribution in [0, 0.1) is 19.8 Å². The van der Waals surface area contributed by atoms with Crippen molar-refractivity contribution in [2.45, 2.75) is 40.2 Å². The van der Waals surface area contributed by atoms with Crippen LogP contribution in [-0.4, -0.2) is 46.3 Å². The van der Waals surface area contributed by atoms with E-state index in [0.29, 0.717) is 31.8 Å². The number of likely N-dealkylation sites (tertiary alicyclic amines) is 1. The number of rotatable bonds is 5. The van der Waals surface area contributed by atoms with Crippen molar-refractivity contribution in [2.24, 2.45) is 5.92 Å². The highest BCUT2D eigenvalue weighted by atomic mass is 16.5. The van der Waals surface area contributed by atoms with Gasteiger partial charge in [-0.1, -0.05) is 30.3 Å². The van der Waals surface area contributed by atoms with Crippen LogP contribution in [0.1, 0.15) is 47.1 Å². The Morgan fingerprint density at radius 1 is 1.22 bits per heavy atom. The molecule has 6 heteroatoms. The van der Waals surface area contributed by atoms with Crippen LogP contribution in [0.3, 0.4) is 0 Å². The van der Waals surface area contributed by atoms with Gasteiger partial charge in [0.2, 0.25) is 0 Å². The van der Waals surface area contributed by atoms with Crippen LogP contribution in [0.15, 0.2) is 30.3 Å². The fourth-order valence-electron chi connectivity index (χ4n) is 3.69. The number of hydrogen-bond donors (Lipinski definition) is 0. The number of carbonyl (C=O) groups excluding carboxylic acids is 2. The summed E-state index contributed by atoms with van der Waals surface area (Å²) in [6, 6.07) is 10.1. The first kappa shape index (κ1) is 19.1. The van der Waals surface area contributed by atoms with Crippen molar-refractivity contribution in [2.75, 3.05) is 19.7 Å². The minimum absolute atomic E-state index is 0.0432. The van der Waals surface area contributed by atoms with E-state index in [9.17, 15) is 9.59 Å². The maximum Gasteiger partial charge on any atom is 0.310 e. The normalized spacial score (nSPS) is 17.0. The van der Waals surface area contributed by atoms with E-state index in [0.717, 1.165) is 29.8 Å². The highest BCUT2D eigenvalue weighted by molar-refractivity contribution is 5.96. The third-order valence-electron chi connectivity index (χ3n) is 5.10. The van der Waals surface area contributed by atoms with Crippen molar-refractivity contribution in [3.05, 3.63) is 52.8 Å². The topological polar surface area (TPSA) is 64.4 Å². The summed E-state index contributed by atoms with van der Waals surface area (Å²) in [6.07, 6.45) is 1.58. The van der Waals surface area contributed by atoms with Crippen molar-refractivity contribution < 1.29 is 14.3 Å². The molecule has 3 rings (SSSR count). The molecule has 1 amide bonds.